The monoisotopic (exact) mass is 317 g/mol. The molecule has 0 bridgehead atoms. The third kappa shape index (κ3) is 4.34. The molecule has 118 valence electrons. The average Bonchev–Trinajstić information content (AvgIpc) is 2.84. The van der Waals surface area contributed by atoms with E-state index in [4.69, 9.17) is 4.74 Å². The summed E-state index contributed by atoms with van der Waals surface area (Å²) in [5.41, 5.74) is 3.71. The largest absolute Gasteiger partial charge is 0.444 e. The lowest BCUT2D eigenvalue weighted by molar-refractivity contribution is 0.0636. The molecule has 1 aromatic carbocycles. The summed E-state index contributed by atoms with van der Waals surface area (Å²) >= 11 is 1.56. The molecule has 1 amide bonds. The van der Waals surface area contributed by atoms with Gasteiger partial charge < -0.3 is 4.74 Å². The molecule has 0 atom stereocenters. The van der Waals surface area contributed by atoms with Gasteiger partial charge in [0.1, 0.15) is 5.60 Å². The number of benzene rings is 1. The maximum atomic E-state index is 11.9. The van der Waals surface area contributed by atoms with Crippen LogP contribution in [0.25, 0.3) is 11.1 Å². The number of carbonyl (C=O) groups excluding carboxylic acids is 1. The molecular formula is C18H23NO2S. The second kappa shape index (κ2) is 6.53. The van der Waals surface area contributed by atoms with Gasteiger partial charge >= 0.3 is 6.09 Å². The highest BCUT2D eigenvalue weighted by Gasteiger charge is 2.18. The molecule has 0 saturated carbocycles. The highest BCUT2D eigenvalue weighted by Crippen LogP contribution is 2.32. The van der Waals surface area contributed by atoms with E-state index in [0.29, 0.717) is 5.92 Å². The average molecular weight is 317 g/mol. The molecule has 0 aliphatic heterocycles. The molecule has 0 spiro atoms. The van der Waals surface area contributed by atoms with Crippen molar-refractivity contribution in [2.24, 2.45) is 0 Å². The Bertz CT molecular complexity index is 636. The number of anilines is 1. The maximum Gasteiger partial charge on any atom is 0.412 e. The number of thiophene rings is 1. The number of rotatable bonds is 3. The van der Waals surface area contributed by atoms with Gasteiger partial charge in [-0.3, -0.25) is 5.32 Å². The Balaban J connectivity index is 2.17. The molecule has 2 aromatic rings. The minimum absolute atomic E-state index is 0.425. The van der Waals surface area contributed by atoms with Crippen molar-refractivity contribution in [3.05, 3.63) is 40.6 Å². The Morgan fingerprint density at radius 1 is 1.14 bits per heavy atom. The van der Waals surface area contributed by atoms with Crippen molar-refractivity contribution in [3.8, 4) is 11.1 Å². The first-order valence-electron chi connectivity index (χ1n) is 7.43. The van der Waals surface area contributed by atoms with Gasteiger partial charge in [-0.25, -0.2) is 4.79 Å². The summed E-state index contributed by atoms with van der Waals surface area (Å²) in [6.45, 7) is 9.91. The normalized spacial score (nSPS) is 11.5. The Morgan fingerprint density at radius 3 is 2.32 bits per heavy atom. The van der Waals surface area contributed by atoms with Gasteiger partial charge in [0, 0.05) is 16.3 Å². The summed E-state index contributed by atoms with van der Waals surface area (Å²) in [6, 6.07) is 8.46. The van der Waals surface area contributed by atoms with E-state index in [0.717, 1.165) is 16.8 Å². The topological polar surface area (TPSA) is 38.3 Å². The van der Waals surface area contributed by atoms with Crippen molar-refractivity contribution in [3.63, 3.8) is 0 Å². The number of hydrogen-bond acceptors (Lipinski definition) is 3. The smallest absolute Gasteiger partial charge is 0.412 e. The summed E-state index contributed by atoms with van der Waals surface area (Å²) in [5.74, 6) is 0.510. The van der Waals surface area contributed by atoms with Crippen LogP contribution in [0, 0.1) is 0 Å². The highest BCUT2D eigenvalue weighted by atomic mass is 32.1. The van der Waals surface area contributed by atoms with Crippen LogP contribution in [0.2, 0.25) is 0 Å². The molecule has 0 radical (unpaired) electrons. The van der Waals surface area contributed by atoms with Crippen molar-refractivity contribution in [1.29, 1.82) is 0 Å². The Hall–Kier alpha value is -1.81. The van der Waals surface area contributed by atoms with Crippen molar-refractivity contribution >= 4 is 23.1 Å². The van der Waals surface area contributed by atoms with Crippen LogP contribution < -0.4 is 5.32 Å². The lowest BCUT2D eigenvalue weighted by Crippen LogP contribution is -2.27. The van der Waals surface area contributed by atoms with Crippen LogP contribution in [0.5, 0.6) is 0 Å². The van der Waals surface area contributed by atoms with Crippen molar-refractivity contribution < 1.29 is 9.53 Å². The molecule has 1 N–H and O–H groups in total. The first kappa shape index (κ1) is 16.6. The van der Waals surface area contributed by atoms with Crippen LogP contribution in [0.15, 0.2) is 35.0 Å². The summed E-state index contributed by atoms with van der Waals surface area (Å²) in [6.07, 6.45) is -0.425. The van der Waals surface area contributed by atoms with Crippen LogP contribution in [0.3, 0.4) is 0 Å². The fourth-order valence-electron chi connectivity index (χ4n) is 2.08. The lowest BCUT2D eigenvalue weighted by Gasteiger charge is -2.19. The first-order chi connectivity index (χ1) is 10.3. The predicted molar refractivity (Wildman–Crippen MR) is 93.7 cm³/mol. The van der Waals surface area contributed by atoms with Crippen molar-refractivity contribution in [1.82, 2.24) is 0 Å². The fourth-order valence-corrected chi connectivity index (χ4v) is 2.87. The van der Waals surface area contributed by atoms with E-state index in [1.54, 1.807) is 11.3 Å². The van der Waals surface area contributed by atoms with Gasteiger partial charge in [-0.15, -0.1) is 11.3 Å². The van der Waals surface area contributed by atoms with Gasteiger partial charge in [-0.05, 0) is 37.8 Å². The molecule has 0 aliphatic rings. The van der Waals surface area contributed by atoms with E-state index in [1.165, 1.54) is 5.56 Å². The molecule has 4 heteroatoms. The van der Waals surface area contributed by atoms with Crippen LogP contribution in [0.4, 0.5) is 10.5 Å². The van der Waals surface area contributed by atoms with Gasteiger partial charge in [0.25, 0.3) is 0 Å². The zero-order chi connectivity index (χ0) is 16.3. The third-order valence-electron chi connectivity index (χ3n) is 3.19. The summed E-state index contributed by atoms with van der Waals surface area (Å²) in [7, 11) is 0. The predicted octanol–water partition coefficient (Wildman–Crippen LogP) is 5.89. The Labute approximate surface area is 136 Å². The molecule has 1 aromatic heterocycles. The van der Waals surface area contributed by atoms with E-state index in [2.05, 4.69) is 43.4 Å². The Kier molecular flexibility index (Phi) is 4.91. The van der Waals surface area contributed by atoms with Crippen LogP contribution in [-0.2, 0) is 4.74 Å². The number of nitrogens with one attached hydrogen (secondary N) is 1. The second-order valence-corrected chi connectivity index (χ2v) is 7.35. The second-order valence-electron chi connectivity index (χ2n) is 6.60. The molecule has 0 saturated heterocycles. The lowest BCUT2D eigenvalue weighted by atomic mass is 9.99. The van der Waals surface area contributed by atoms with E-state index in [-0.39, 0.29) is 0 Å². The van der Waals surface area contributed by atoms with E-state index < -0.39 is 11.7 Å². The third-order valence-corrected chi connectivity index (χ3v) is 3.93. The van der Waals surface area contributed by atoms with Gasteiger partial charge in [0.2, 0.25) is 0 Å². The molecule has 3 nitrogen and oxygen atoms in total. The summed E-state index contributed by atoms with van der Waals surface area (Å²) in [5, 5.41) is 6.80. The molecule has 1 heterocycles. The van der Waals surface area contributed by atoms with Crippen LogP contribution in [-0.4, -0.2) is 11.7 Å². The molecular weight excluding hydrogens is 294 g/mol. The SMILES string of the molecule is CC(C)c1ccc(-c2cscc2NC(=O)OC(C)(C)C)cc1. The first-order valence-corrected chi connectivity index (χ1v) is 8.37. The number of ether oxygens (including phenoxy) is 1. The minimum Gasteiger partial charge on any atom is -0.444 e. The maximum absolute atomic E-state index is 11.9. The fraction of sp³-hybridized carbons (Fsp3) is 0.389. The number of hydrogen-bond donors (Lipinski definition) is 1. The minimum atomic E-state index is -0.501. The highest BCUT2D eigenvalue weighted by molar-refractivity contribution is 7.08. The van der Waals surface area contributed by atoms with Gasteiger partial charge in [-0.1, -0.05) is 38.1 Å². The molecule has 0 unspecified atom stereocenters. The van der Waals surface area contributed by atoms with Gasteiger partial charge in [0.05, 0.1) is 5.69 Å². The number of carbonyl (C=O) groups is 1. The number of amides is 1. The van der Waals surface area contributed by atoms with Crippen molar-refractivity contribution in [2.75, 3.05) is 5.32 Å². The standard InChI is InChI=1S/C18H23NO2S/c1-12(2)13-6-8-14(9-7-13)15-10-22-11-16(15)19-17(20)21-18(3,4)5/h6-12H,1-5H3,(H,19,20). The molecule has 0 aliphatic carbocycles. The van der Waals surface area contributed by atoms with Crippen LogP contribution in [0.1, 0.15) is 46.1 Å². The van der Waals surface area contributed by atoms with Crippen molar-refractivity contribution in [2.45, 2.75) is 46.1 Å². The zero-order valence-corrected chi connectivity index (χ0v) is 14.6. The van der Waals surface area contributed by atoms with Gasteiger partial charge in [-0.2, -0.15) is 0 Å². The summed E-state index contributed by atoms with van der Waals surface area (Å²) in [4.78, 5) is 11.9. The molecule has 22 heavy (non-hydrogen) atoms. The van der Waals surface area contributed by atoms with E-state index in [9.17, 15) is 4.79 Å². The zero-order valence-electron chi connectivity index (χ0n) is 13.8. The van der Waals surface area contributed by atoms with Gasteiger partial charge in [0.15, 0.2) is 0 Å². The Morgan fingerprint density at radius 2 is 1.77 bits per heavy atom. The van der Waals surface area contributed by atoms with Crippen LogP contribution >= 0.6 is 11.3 Å². The van der Waals surface area contributed by atoms with E-state index >= 15 is 0 Å². The molecule has 2 rings (SSSR count). The quantitative estimate of drug-likeness (QED) is 0.767. The van der Waals surface area contributed by atoms with E-state index in [1.807, 2.05) is 31.5 Å². The summed E-state index contributed by atoms with van der Waals surface area (Å²) < 4.78 is 5.31. The molecule has 0 fully saturated rings.